The molecule has 0 bridgehead atoms. The maximum absolute atomic E-state index is 10.9. The Balaban J connectivity index is 0.000000191. The number of carboxylic acid groups (broad SMARTS) is 4. The topological polar surface area (TPSA) is 207 Å². The van der Waals surface area contributed by atoms with Gasteiger partial charge >= 0.3 is 11.9 Å². The Bertz CT molecular complexity index is 1630. The Morgan fingerprint density at radius 1 is 0.620 bits per heavy atom. The molecule has 2 aliphatic heterocycles. The van der Waals surface area contributed by atoms with E-state index in [-0.39, 0.29) is 12.1 Å². The lowest BCUT2D eigenvalue weighted by atomic mass is 9.98. The number of methoxy groups -OCH3 is 2. The van der Waals surface area contributed by atoms with Crippen LogP contribution in [0.15, 0.2) is 72.8 Å². The minimum Gasteiger partial charge on any atom is -0.544 e. The van der Waals surface area contributed by atoms with Crippen LogP contribution in [0.5, 0.6) is 11.5 Å². The van der Waals surface area contributed by atoms with Crippen molar-refractivity contribution in [2.75, 3.05) is 27.3 Å². The van der Waals surface area contributed by atoms with Gasteiger partial charge in [-0.05, 0) is 70.8 Å². The van der Waals surface area contributed by atoms with Gasteiger partial charge in [-0.25, -0.2) is 0 Å². The van der Waals surface area contributed by atoms with E-state index >= 15 is 0 Å². The van der Waals surface area contributed by atoms with Crippen molar-refractivity contribution in [1.82, 2.24) is 0 Å². The molecule has 2 fully saturated rings. The molecule has 50 heavy (non-hydrogen) atoms. The zero-order valence-corrected chi connectivity index (χ0v) is 28.8. The average molecular weight is 691 g/mol. The predicted octanol–water partition coefficient (Wildman–Crippen LogP) is 0.997. The number of carbonyl (C=O) groups is 4. The van der Waals surface area contributed by atoms with Crippen molar-refractivity contribution < 1.29 is 59.7 Å². The molecule has 6 N–H and O–H groups in total. The molecule has 4 aromatic rings. The summed E-state index contributed by atoms with van der Waals surface area (Å²) >= 11 is 0. The van der Waals surface area contributed by atoms with Gasteiger partial charge in [0.15, 0.2) is 0 Å². The van der Waals surface area contributed by atoms with E-state index in [0.29, 0.717) is 0 Å². The van der Waals surface area contributed by atoms with Crippen LogP contribution in [-0.2, 0) is 19.2 Å². The summed E-state index contributed by atoms with van der Waals surface area (Å²) in [5.74, 6) is -2.81. The lowest BCUT2D eigenvalue weighted by molar-refractivity contribution is -0.664. The van der Waals surface area contributed by atoms with Gasteiger partial charge in [-0.3, -0.25) is 9.59 Å². The van der Waals surface area contributed by atoms with E-state index < -0.39 is 35.7 Å². The average Bonchev–Trinajstić information content (AvgIpc) is 3.87. The Morgan fingerprint density at radius 3 is 1.22 bits per heavy atom. The van der Waals surface area contributed by atoms with Gasteiger partial charge in [0, 0.05) is 25.7 Å². The van der Waals surface area contributed by atoms with E-state index in [9.17, 15) is 29.4 Å². The molecule has 0 saturated carbocycles. The third-order valence-electron chi connectivity index (χ3n) is 8.83. The van der Waals surface area contributed by atoms with Gasteiger partial charge in [0.05, 0.1) is 51.1 Å². The molecule has 0 amide bonds. The van der Waals surface area contributed by atoms with Crippen molar-refractivity contribution in [3.8, 4) is 11.5 Å². The van der Waals surface area contributed by atoms with Crippen LogP contribution >= 0.6 is 0 Å². The highest BCUT2D eigenvalue weighted by Gasteiger charge is 2.19. The normalized spacial score (nSPS) is 17.4. The molecule has 4 atom stereocenters. The van der Waals surface area contributed by atoms with Crippen molar-refractivity contribution in [2.24, 2.45) is 0 Å². The summed E-state index contributed by atoms with van der Waals surface area (Å²) in [6, 6.07) is 22.3. The largest absolute Gasteiger partial charge is 0.544 e. The molecule has 4 aromatic carbocycles. The van der Waals surface area contributed by atoms with Crippen LogP contribution in [0.25, 0.3) is 21.5 Å². The zero-order valence-electron chi connectivity index (χ0n) is 28.8. The molecule has 12 nitrogen and oxygen atoms in total. The zero-order chi connectivity index (χ0) is 36.8. The smallest absolute Gasteiger partial charge is 0.310 e. The molecule has 0 unspecified atom stereocenters. The summed E-state index contributed by atoms with van der Waals surface area (Å²) in [5.41, 5.74) is 1.63. The number of ether oxygens (including phenoxy) is 2. The Kier molecular flexibility index (Phi) is 15.0. The Hall–Kier alpha value is -5.20. The van der Waals surface area contributed by atoms with E-state index in [2.05, 4.69) is 0 Å². The second-order valence-electron chi connectivity index (χ2n) is 12.2. The van der Waals surface area contributed by atoms with Crippen LogP contribution in [0.1, 0.15) is 62.5 Å². The van der Waals surface area contributed by atoms with Gasteiger partial charge in [0.2, 0.25) is 0 Å². The first-order chi connectivity index (χ1) is 23.8. The first kappa shape index (κ1) is 39.2. The van der Waals surface area contributed by atoms with E-state index in [0.717, 1.165) is 82.9 Å². The summed E-state index contributed by atoms with van der Waals surface area (Å²) in [7, 11) is 3.25. The lowest BCUT2D eigenvalue weighted by Gasteiger charge is -2.08. The Labute approximate surface area is 291 Å². The van der Waals surface area contributed by atoms with E-state index in [4.69, 9.17) is 19.7 Å². The number of rotatable bonds is 8. The van der Waals surface area contributed by atoms with Crippen molar-refractivity contribution >= 4 is 45.4 Å². The van der Waals surface area contributed by atoms with Crippen molar-refractivity contribution in [2.45, 2.75) is 63.5 Å². The van der Waals surface area contributed by atoms with Gasteiger partial charge in [-0.2, -0.15) is 0 Å². The molecule has 0 aliphatic carbocycles. The lowest BCUT2D eigenvalue weighted by Crippen LogP contribution is -2.89. The van der Waals surface area contributed by atoms with Gasteiger partial charge in [0.25, 0.3) is 0 Å². The fourth-order valence-corrected chi connectivity index (χ4v) is 5.54. The maximum atomic E-state index is 10.9. The van der Waals surface area contributed by atoms with Crippen LogP contribution in [-0.4, -0.2) is 73.5 Å². The fraction of sp³-hybridized carbons (Fsp3) is 0.368. The van der Waals surface area contributed by atoms with Crippen molar-refractivity contribution in [3.63, 3.8) is 0 Å². The highest BCUT2D eigenvalue weighted by molar-refractivity contribution is 5.87. The summed E-state index contributed by atoms with van der Waals surface area (Å²) in [4.78, 5) is 42.0. The van der Waals surface area contributed by atoms with Crippen LogP contribution in [0.2, 0.25) is 0 Å². The van der Waals surface area contributed by atoms with Gasteiger partial charge < -0.3 is 50.1 Å². The van der Waals surface area contributed by atoms with Crippen LogP contribution in [0.4, 0.5) is 0 Å². The molecule has 6 rings (SSSR count). The second kappa shape index (κ2) is 19.1. The SMILES string of the molecule is COc1ccc2cc([C@@H](C)C(=O)O)ccc2c1.COc1ccc2cc([C@H](C)C(=O)O)ccc2c1.O=C([O-])[C@@H]1CCC[NH2+]1.O=C([O-])[C@@H]1CCC[NH2+]1. The van der Waals surface area contributed by atoms with E-state index in [1.165, 1.54) is 0 Å². The molecule has 12 heteroatoms. The minimum absolute atomic E-state index is 0.255. The molecule has 0 radical (unpaired) electrons. The molecule has 2 heterocycles. The molecule has 0 aromatic heterocycles. The van der Waals surface area contributed by atoms with Gasteiger partial charge in [-0.15, -0.1) is 0 Å². The highest BCUT2D eigenvalue weighted by atomic mass is 16.5. The quantitative estimate of drug-likeness (QED) is 0.206. The molecule has 2 saturated heterocycles. The van der Waals surface area contributed by atoms with Crippen LogP contribution < -0.4 is 30.3 Å². The summed E-state index contributed by atoms with van der Waals surface area (Å²) in [6.45, 7) is 5.26. The third kappa shape index (κ3) is 11.5. The standard InChI is InChI=1S/2C14H14O3.2C5H9NO2/c2*1-9(14(15)16)10-3-4-12-8-13(17-2)6-5-11(12)7-10;2*7-5(8)4-2-1-3-6-4/h2*3-9H,1-2H3,(H,15,16);2*4,6H,1-3H2,(H,7,8)/t2*9-;2*4-/m1000/s1. The number of quaternary nitrogens is 2. The Morgan fingerprint density at radius 2 is 0.960 bits per heavy atom. The first-order valence-corrected chi connectivity index (χ1v) is 16.5. The monoisotopic (exact) mass is 690 g/mol. The molecular formula is C38H46N2O10. The van der Waals surface area contributed by atoms with E-state index in [1.807, 2.05) is 83.4 Å². The minimum atomic E-state index is -0.914. The number of hydrogen-bond acceptors (Lipinski definition) is 8. The fourth-order valence-electron chi connectivity index (χ4n) is 5.54. The molecule has 268 valence electrons. The maximum Gasteiger partial charge on any atom is 0.310 e. The molecule has 2 aliphatic rings. The summed E-state index contributed by atoms with van der Waals surface area (Å²) < 4.78 is 10.3. The third-order valence-corrected chi connectivity index (χ3v) is 8.83. The van der Waals surface area contributed by atoms with Gasteiger partial charge in [0.1, 0.15) is 23.6 Å². The van der Waals surface area contributed by atoms with Crippen molar-refractivity contribution in [1.29, 1.82) is 0 Å². The molecular weight excluding hydrogens is 644 g/mol. The highest BCUT2D eigenvalue weighted by Crippen LogP contribution is 2.26. The number of aliphatic carboxylic acids is 4. The van der Waals surface area contributed by atoms with Gasteiger partial charge in [-0.1, -0.05) is 48.5 Å². The second-order valence-corrected chi connectivity index (χ2v) is 12.2. The summed E-state index contributed by atoms with van der Waals surface area (Å²) in [6.07, 6.45) is 3.59. The number of fused-ring (bicyclic) bond motifs is 2. The van der Waals surface area contributed by atoms with Crippen LogP contribution in [0.3, 0.4) is 0 Å². The van der Waals surface area contributed by atoms with E-state index in [1.54, 1.807) is 28.1 Å². The number of hydrogen-bond donors (Lipinski definition) is 4. The predicted molar refractivity (Wildman–Crippen MR) is 183 cm³/mol. The number of benzene rings is 4. The number of nitrogens with two attached hydrogens (primary N) is 2. The van der Waals surface area contributed by atoms with Crippen molar-refractivity contribution in [3.05, 3.63) is 83.9 Å². The first-order valence-electron chi connectivity index (χ1n) is 16.5. The van der Waals surface area contributed by atoms with Crippen LogP contribution in [0, 0.1) is 0 Å². The number of carboxylic acids is 4. The summed E-state index contributed by atoms with van der Waals surface area (Å²) in [5, 5.41) is 45.8. The number of carbonyl (C=O) groups excluding carboxylic acids is 2. The molecule has 0 spiro atoms.